The van der Waals surface area contributed by atoms with Gasteiger partial charge in [-0.25, -0.2) is 13.1 Å². The zero-order chi connectivity index (χ0) is 17.5. The first-order valence-electron chi connectivity index (χ1n) is 7.52. The van der Waals surface area contributed by atoms with E-state index in [2.05, 4.69) is 39.6 Å². The molecule has 0 radical (unpaired) electrons. The normalized spacial score (nSPS) is 12.8. The first-order chi connectivity index (χ1) is 10.7. The number of nitrogens with one attached hydrogen (secondary N) is 2. The number of hydrogen-bond donors (Lipinski definition) is 3. The molecule has 1 rings (SSSR count). The highest BCUT2D eigenvalue weighted by atomic mass is 127. The van der Waals surface area contributed by atoms with E-state index < -0.39 is 16.1 Å². The Balaban J connectivity index is 2.79. The number of sulfonamides is 1. The maximum atomic E-state index is 12.3. The van der Waals surface area contributed by atoms with E-state index in [1.807, 2.05) is 6.07 Å². The molecule has 1 amide bonds. The number of carbonyl (C=O) groups is 1. The van der Waals surface area contributed by atoms with Crippen molar-refractivity contribution in [2.75, 3.05) is 18.5 Å². The van der Waals surface area contributed by atoms with E-state index in [1.165, 1.54) is 0 Å². The van der Waals surface area contributed by atoms with Gasteiger partial charge in [-0.1, -0.05) is 25.8 Å². The quantitative estimate of drug-likeness (QED) is 0.301. The molecule has 0 fully saturated rings. The summed E-state index contributed by atoms with van der Waals surface area (Å²) in [5.74, 6) is -0.307. The van der Waals surface area contributed by atoms with Crippen molar-refractivity contribution < 1.29 is 13.2 Å². The van der Waals surface area contributed by atoms with Crippen molar-refractivity contribution in [3.8, 4) is 0 Å². The van der Waals surface area contributed by atoms with Gasteiger partial charge < -0.3 is 11.1 Å². The molecule has 0 aliphatic heterocycles. The average Bonchev–Trinajstić information content (AvgIpc) is 2.45. The lowest BCUT2D eigenvalue weighted by Crippen LogP contribution is -2.47. The van der Waals surface area contributed by atoms with E-state index in [9.17, 15) is 13.2 Å². The molecule has 130 valence electrons. The summed E-state index contributed by atoms with van der Waals surface area (Å²) in [4.78, 5) is 12.3. The zero-order valence-electron chi connectivity index (χ0n) is 13.4. The second-order valence-corrected chi connectivity index (χ2v) is 8.44. The highest BCUT2D eigenvalue weighted by Crippen LogP contribution is 2.17. The van der Waals surface area contributed by atoms with Crippen molar-refractivity contribution in [2.45, 2.75) is 38.6 Å². The molecule has 6 nitrogen and oxygen atoms in total. The fourth-order valence-corrected chi connectivity index (χ4v) is 3.38. The molecule has 0 aliphatic rings. The lowest BCUT2D eigenvalue weighted by atomic mass is 10.1. The molecule has 1 aromatic rings. The summed E-state index contributed by atoms with van der Waals surface area (Å²) in [5, 5.41) is 2.79. The van der Waals surface area contributed by atoms with Crippen molar-refractivity contribution in [2.24, 2.45) is 0 Å². The van der Waals surface area contributed by atoms with Crippen LogP contribution in [0.1, 0.15) is 31.7 Å². The monoisotopic (exact) mass is 453 g/mol. The summed E-state index contributed by atoms with van der Waals surface area (Å²) >= 11 is 2.11. The van der Waals surface area contributed by atoms with Crippen LogP contribution >= 0.6 is 22.6 Å². The van der Waals surface area contributed by atoms with Crippen molar-refractivity contribution in [3.63, 3.8) is 0 Å². The zero-order valence-corrected chi connectivity index (χ0v) is 16.4. The third-order valence-electron chi connectivity index (χ3n) is 3.26. The topological polar surface area (TPSA) is 101 Å². The molecule has 0 bridgehead atoms. The Morgan fingerprint density at radius 1 is 1.35 bits per heavy atom. The Morgan fingerprint density at radius 3 is 2.61 bits per heavy atom. The Labute approximate surface area is 151 Å². The predicted molar refractivity (Wildman–Crippen MR) is 102 cm³/mol. The summed E-state index contributed by atoms with van der Waals surface area (Å²) in [5.41, 5.74) is 7.29. The first-order valence-corrected chi connectivity index (χ1v) is 10.5. The van der Waals surface area contributed by atoms with Gasteiger partial charge >= 0.3 is 0 Å². The number of anilines is 1. The third kappa shape index (κ3) is 7.98. The standard InChI is InChI=1S/C15H24IN3O3S/c1-3-4-5-8-18-15(20)14(19-23(2,21)22)10-11-6-7-13(17)12(16)9-11/h6-7,9,14,19H,3-5,8,10,17H2,1-2H3,(H,18,20)/t14-/m0/s1. The number of rotatable bonds is 9. The van der Waals surface area contributed by atoms with Crippen LogP contribution in [0.3, 0.4) is 0 Å². The highest BCUT2D eigenvalue weighted by Gasteiger charge is 2.22. The SMILES string of the molecule is CCCCCNC(=O)[C@H](Cc1ccc(N)c(I)c1)NS(C)(=O)=O. The van der Waals surface area contributed by atoms with Gasteiger partial charge in [0, 0.05) is 15.8 Å². The molecule has 0 heterocycles. The number of carbonyl (C=O) groups excluding carboxylic acids is 1. The largest absolute Gasteiger partial charge is 0.398 e. The molecule has 0 saturated carbocycles. The summed E-state index contributed by atoms with van der Waals surface area (Å²) in [6.45, 7) is 2.63. The van der Waals surface area contributed by atoms with Gasteiger partial charge in [0.15, 0.2) is 0 Å². The maximum Gasteiger partial charge on any atom is 0.238 e. The number of nitrogens with two attached hydrogens (primary N) is 1. The number of halogens is 1. The van der Waals surface area contributed by atoms with Crippen LogP contribution in [-0.4, -0.2) is 33.2 Å². The van der Waals surface area contributed by atoms with Gasteiger partial charge in [-0.15, -0.1) is 0 Å². The lowest BCUT2D eigenvalue weighted by Gasteiger charge is -2.18. The van der Waals surface area contributed by atoms with Crippen LogP contribution in [0.15, 0.2) is 18.2 Å². The van der Waals surface area contributed by atoms with Gasteiger partial charge in [0.2, 0.25) is 15.9 Å². The fourth-order valence-electron chi connectivity index (χ4n) is 2.09. The van der Waals surface area contributed by atoms with Crippen molar-refractivity contribution in [3.05, 3.63) is 27.3 Å². The average molecular weight is 453 g/mol. The molecule has 4 N–H and O–H groups in total. The number of hydrogen-bond acceptors (Lipinski definition) is 4. The summed E-state index contributed by atoms with van der Waals surface area (Å²) in [6.07, 6.45) is 4.30. The van der Waals surface area contributed by atoms with Crippen LogP contribution in [0.25, 0.3) is 0 Å². The molecule has 0 spiro atoms. The van der Waals surface area contributed by atoms with Crippen LogP contribution < -0.4 is 15.8 Å². The van der Waals surface area contributed by atoms with E-state index in [-0.39, 0.29) is 12.3 Å². The summed E-state index contributed by atoms with van der Waals surface area (Å²) < 4.78 is 26.3. The minimum atomic E-state index is -3.48. The van der Waals surface area contributed by atoms with E-state index in [0.717, 1.165) is 34.7 Å². The number of amides is 1. The smallest absolute Gasteiger partial charge is 0.238 e. The van der Waals surface area contributed by atoms with Crippen LogP contribution in [0.4, 0.5) is 5.69 Å². The Kier molecular flexibility index (Phi) is 8.27. The second kappa shape index (κ2) is 9.43. The number of benzene rings is 1. The van der Waals surface area contributed by atoms with Crippen LogP contribution in [0, 0.1) is 3.57 Å². The minimum Gasteiger partial charge on any atom is -0.398 e. The summed E-state index contributed by atoms with van der Waals surface area (Å²) in [7, 11) is -3.48. The molecule has 0 unspecified atom stereocenters. The molecule has 1 aromatic carbocycles. The molecule has 0 saturated heterocycles. The molecule has 0 aromatic heterocycles. The second-order valence-electron chi connectivity index (χ2n) is 5.50. The molecule has 8 heteroatoms. The van der Waals surface area contributed by atoms with Crippen LogP contribution in [-0.2, 0) is 21.2 Å². The fraction of sp³-hybridized carbons (Fsp3) is 0.533. The van der Waals surface area contributed by atoms with Gasteiger partial charge in [0.25, 0.3) is 0 Å². The minimum absolute atomic E-state index is 0.281. The number of nitrogen functional groups attached to an aromatic ring is 1. The van der Waals surface area contributed by atoms with Gasteiger partial charge in [0.1, 0.15) is 6.04 Å². The Morgan fingerprint density at radius 2 is 2.04 bits per heavy atom. The summed E-state index contributed by atoms with van der Waals surface area (Å²) in [6, 6.07) is 4.59. The Bertz CT molecular complexity index is 635. The van der Waals surface area contributed by atoms with Gasteiger partial charge in [0.05, 0.1) is 6.26 Å². The molecule has 1 atom stereocenters. The van der Waals surface area contributed by atoms with Gasteiger partial charge in [-0.05, 0) is 53.1 Å². The van der Waals surface area contributed by atoms with Crippen LogP contribution in [0.5, 0.6) is 0 Å². The van der Waals surface area contributed by atoms with Crippen molar-refractivity contribution in [1.29, 1.82) is 0 Å². The lowest BCUT2D eigenvalue weighted by molar-refractivity contribution is -0.122. The Hall–Kier alpha value is -0.870. The van der Waals surface area contributed by atoms with E-state index in [4.69, 9.17) is 5.73 Å². The molecule has 23 heavy (non-hydrogen) atoms. The predicted octanol–water partition coefficient (Wildman–Crippen LogP) is 1.64. The highest BCUT2D eigenvalue weighted by molar-refractivity contribution is 14.1. The molecule has 0 aliphatic carbocycles. The maximum absolute atomic E-state index is 12.3. The number of unbranched alkanes of at least 4 members (excludes halogenated alkanes) is 2. The van der Waals surface area contributed by atoms with Crippen LogP contribution in [0.2, 0.25) is 0 Å². The van der Waals surface area contributed by atoms with Gasteiger partial charge in [-0.3, -0.25) is 4.79 Å². The molecular weight excluding hydrogens is 429 g/mol. The van der Waals surface area contributed by atoms with Crippen molar-refractivity contribution in [1.82, 2.24) is 10.0 Å². The van der Waals surface area contributed by atoms with E-state index in [0.29, 0.717) is 12.2 Å². The third-order valence-corrected chi connectivity index (χ3v) is 4.90. The molecular formula is C15H24IN3O3S. The van der Waals surface area contributed by atoms with Crippen molar-refractivity contribution >= 4 is 44.2 Å². The van der Waals surface area contributed by atoms with Gasteiger partial charge in [-0.2, -0.15) is 0 Å². The van der Waals surface area contributed by atoms with E-state index in [1.54, 1.807) is 12.1 Å². The van der Waals surface area contributed by atoms with E-state index >= 15 is 0 Å². The first kappa shape index (κ1) is 20.2.